The van der Waals surface area contributed by atoms with E-state index in [2.05, 4.69) is 39.3 Å². The van der Waals surface area contributed by atoms with Crippen LogP contribution in [0.4, 0.5) is 4.79 Å². The van der Waals surface area contributed by atoms with E-state index in [-0.39, 0.29) is 60.5 Å². The summed E-state index contributed by atoms with van der Waals surface area (Å²) in [5, 5.41) is 41.9. The number of aromatic nitrogens is 1. The highest BCUT2D eigenvalue weighted by Gasteiger charge is 2.62. The fourth-order valence-electron chi connectivity index (χ4n) is 9.22. The summed E-state index contributed by atoms with van der Waals surface area (Å²) in [5.74, 6) is 10.2. The number of nitrogens with zero attached hydrogens (tertiary/aromatic N) is 1. The number of aromatic amines is 1. The van der Waals surface area contributed by atoms with Crippen molar-refractivity contribution in [3.8, 4) is 29.4 Å². The van der Waals surface area contributed by atoms with Gasteiger partial charge in [-0.3, -0.25) is 19.9 Å². The standard InChI is InChI=1S/C47H56N4O12S3/c1-24(2)49-32-23-60-37(22-36(32)58-4)63-42-44(56)47(65-6,43(55)41-40-27(16-18-48-41)30-20-26(52)14-15-31(30)50-40)25(3)61-45(42)62-35-13-11-9-8-10-12-29-38(35)28(17-19-66(7)64)33(53)21-34(54)39(29)51-46(57)59-5/h8-9,14-15,17,20,24-25,32-33,35-38,42,44-45,49-50,52-53,56H,16,18-19,21-23H2,1-7H3,(H,51,57)/b9-8-,28-17-/t25?,32?,33-,35-,36?,37?,38?,42?,44?,45?,47?,66?/m0/s1. The first-order chi connectivity index (χ1) is 31.6. The molecule has 6 N–H and O–H groups in total. The third-order valence-corrected chi connectivity index (χ3v) is 14.8. The highest BCUT2D eigenvalue weighted by Crippen LogP contribution is 2.45. The van der Waals surface area contributed by atoms with Crippen LogP contribution in [0, 0.1) is 29.6 Å². The lowest BCUT2D eigenvalue weighted by molar-refractivity contribution is -0.326. The molecule has 2 aromatic rings. The number of aromatic hydroxyl groups is 1. The minimum atomic E-state index is -1.74. The summed E-state index contributed by atoms with van der Waals surface area (Å²) in [4.78, 5) is 50.0. The van der Waals surface area contributed by atoms with Crippen LogP contribution in [0.1, 0.15) is 44.9 Å². The molecular weight excluding hydrogens is 909 g/mol. The zero-order valence-corrected chi connectivity index (χ0v) is 40.2. The fraction of sp³-hybridized carbons (Fsp3) is 0.532. The lowest BCUT2D eigenvalue weighted by atomic mass is 9.81. The predicted molar refractivity (Wildman–Crippen MR) is 254 cm³/mol. The number of aliphatic hydroxyl groups is 2. The molecule has 1 aromatic heterocycles. The summed E-state index contributed by atoms with van der Waals surface area (Å²) in [5.41, 5.74) is 2.34. The Balaban J connectivity index is 1.33. The molecule has 5 aliphatic rings. The van der Waals surface area contributed by atoms with Crippen LogP contribution >= 0.6 is 11.8 Å². The molecule has 19 heteroatoms. The van der Waals surface area contributed by atoms with Gasteiger partial charge < -0.3 is 54.0 Å². The number of aliphatic imine (C=N–C) groups is 1. The monoisotopic (exact) mass is 964 g/mol. The summed E-state index contributed by atoms with van der Waals surface area (Å²) < 4.78 is 35.8. The third kappa shape index (κ3) is 10.1. The summed E-state index contributed by atoms with van der Waals surface area (Å²) in [6, 6.07) is 4.90. The number of alkyl carbamates (subject to hydrolysis) is 1. The van der Waals surface area contributed by atoms with Crippen molar-refractivity contribution in [2.45, 2.75) is 106 Å². The SMILES string of the molecule is COC(=O)NC1=C2C#C/C=C\C#C[C@H](OC3OC(C)C(SC)(C(=O)C4=NCCc5c4[nH]c4ccc(O)cc54)C(O)C3OC3CC(OC)C(NC(C)C)CO3)C2/C(=C\CS(C)=S)[C@@H](O)CC1=O. The predicted octanol–water partition coefficient (Wildman–Crippen LogP) is 2.67. The number of ketones is 2. The van der Waals surface area contributed by atoms with Crippen LogP contribution in [0.5, 0.6) is 5.75 Å². The lowest BCUT2D eigenvalue weighted by Gasteiger charge is -2.51. The number of hydrogen-bond donors (Lipinski definition) is 6. The molecule has 7 rings (SSSR count). The number of hydrogen-bond acceptors (Lipinski definition) is 16. The fourth-order valence-corrected chi connectivity index (χ4v) is 10.9. The number of rotatable bonds is 13. The number of nitrogens with one attached hydrogen (secondary N) is 3. The molecule has 2 fully saturated rings. The number of carbonyl (C=O) groups is 3. The normalized spacial score (nSPS) is 32.5. The van der Waals surface area contributed by atoms with E-state index in [0.29, 0.717) is 29.0 Å². The summed E-state index contributed by atoms with van der Waals surface area (Å²) in [7, 11) is 2.20. The van der Waals surface area contributed by atoms with Crippen LogP contribution in [0.25, 0.3) is 10.9 Å². The van der Waals surface area contributed by atoms with E-state index in [1.54, 1.807) is 44.6 Å². The Morgan fingerprint density at radius 1 is 1.20 bits per heavy atom. The number of H-pyrrole nitrogens is 1. The highest BCUT2D eigenvalue weighted by atomic mass is 32.8. The number of fused-ring (bicyclic) bond motifs is 4. The van der Waals surface area contributed by atoms with Crippen molar-refractivity contribution in [1.29, 1.82) is 0 Å². The Hall–Kier alpha value is -4.22. The van der Waals surface area contributed by atoms with Crippen LogP contribution < -0.4 is 10.6 Å². The Kier molecular flexibility index (Phi) is 16.1. The molecule has 354 valence electrons. The molecule has 0 bridgehead atoms. The minimum absolute atomic E-state index is 0.0806. The lowest BCUT2D eigenvalue weighted by Crippen LogP contribution is -2.70. The van der Waals surface area contributed by atoms with E-state index in [9.17, 15) is 24.9 Å². The Bertz CT molecular complexity index is 2500. The maximum Gasteiger partial charge on any atom is 0.411 e. The second-order valence-corrected chi connectivity index (χ2v) is 21.1. The van der Waals surface area contributed by atoms with Crippen molar-refractivity contribution in [1.82, 2.24) is 15.6 Å². The number of Topliss-reactive ketones (excluding diaryl/α,β-unsaturated/α-hetero) is 2. The van der Waals surface area contributed by atoms with Gasteiger partial charge in [-0.25, -0.2) is 4.79 Å². The van der Waals surface area contributed by atoms with Gasteiger partial charge in [-0.05, 0) is 67.3 Å². The largest absolute Gasteiger partial charge is 0.508 e. The number of allylic oxidation sites excluding steroid dienone is 3. The average molecular weight is 965 g/mol. The van der Waals surface area contributed by atoms with E-state index in [1.807, 2.05) is 20.1 Å². The second kappa shape index (κ2) is 21.4. The van der Waals surface area contributed by atoms with Crippen LogP contribution in [0.15, 0.2) is 58.3 Å². The first-order valence-electron chi connectivity index (χ1n) is 21.6. The van der Waals surface area contributed by atoms with Crippen LogP contribution in [0.2, 0.25) is 0 Å². The molecule has 4 heterocycles. The second-order valence-electron chi connectivity index (χ2n) is 16.8. The van der Waals surface area contributed by atoms with Crippen LogP contribution in [0.3, 0.4) is 0 Å². The Morgan fingerprint density at radius 2 is 1.97 bits per heavy atom. The van der Waals surface area contributed by atoms with Gasteiger partial charge in [0.05, 0.1) is 55.4 Å². The van der Waals surface area contributed by atoms with Crippen molar-refractivity contribution < 1.29 is 58.1 Å². The Morgan fingerprint density at radius 3 is 2.68 bits per heavy atom. The molecule has 66 heavy (non-hydrogen) atoms. The first-order valence-corrected chi connectivity index (χ1v) is 25.6. The summed E-state index contributed by atoms with van der Waals surface area (Å²) >= 11 is 6.63. The van der Waals surface area contributed by atoms with Crippen molar-refractivity contribution in [2.75, 3.05) is 45.6 Å². The molecular formula is C47H56N4O12S3. The summed E-state index contributed by atoms with van der Waals surface area (Å²) in [6.07, 6.45) is -1.97. The number of carbonyl (C=O) groups excluding carboxylic acids is 3. The molecule has 3 aliphatic heterocycles. The van der Waals surface area contributed by atoms with Gasteiger partial charge in [-0.15, -0.1) is 21.2 Å². The molecule has 1 amide bonds. The molecule has 1 aromatic carbocycles. The van der Waals surface area contributed by atoms with E-state index >= 15 is 4.79 Å². The maximum absolute atomic E-state index is 15.4. The van der Waals surface area contributed by atoms with Crippen LogP contribution in [-0.2, 0) is 65.1 Å². The van der Waals surface area contributed by atoms with E-state index in [4.69, 9.17) is 44.6 Å². The minimum Gasteiger partial charge on any atom is -0.508 e. The maximum atomic E-state index is 15.4. The zero-order chi connectivity index (χ0) is 47.4. The van der Waals surface area contributed by atoms with Crippen molar-refractivity contribution in [2.24, 2.45) is 10.9 Å². The van der Waals surface area contributed by atoms with Gasteiger partial charge in [-0.1, -0.05) is 54.8 Å². The molecule has 2 aliphatic carbocycles. The van der Waals surface area contributed by atoms with E-state index < -0.39 is 87.3 Å². The number of phenols is 1. The van der Waals surface area contributed by atoms with Gasteiger partial charge in [0.15, 0.2) is 18.4 Å². The van der Waals surface area contributed by atoms with Gasteiger partial charge in [0.25, 0.3) is 0 Å². The zero-order valence-electron chi connectivity index (χ0n) is 37.7. The first kappa shape index (κ1) is 49.7. The van der Waals surface area contributed by atoms with Gasteiger partial charge in [0.2, 0.25) is 5.78 Å². The van der Waals surface area contributed by atoms with Gasteiger partial charge in [0, 0.05) is 54.8 Å². The van der Waals surface area contributed by atoms with Crippen molar-refractivity contribution >= 4 is 66.7 Å². The quantitative estimate of drug-likeness (QED) is 0.126. The van der Waals surface area contributed by atoms with Gasteiger partial charge in [0.1, 0.15) is 34.5 Å². The number of phenolic OH excluding ortho intramolecular Hbond substituents is 1. The number of aliphatic hydroxyl groups excluding tert-OH is 2. The average Bonchev–Trinajstić information content (AvgIpc) is 3.66. The number of methoxy groups -OCH3 is 2. The molecule has 0 spiro atoms. The topological polar surface area (TPSA) is 219 Å². The molecule has 16 nitrogen and oxygen atoms in total. The number of ether oxygens (including phenoxy) is 6. The molecule has 2 saturated heterocycles. The van der Waals surface area contributed by atoms with E-state index in [1.165, 1.54) is 12.2 Å². The van der Waals surface area contributed by atoms with Gasteiger partial charge >= 0.3 is 6.09 Å². The van der Waals surface area contributed by atoms with Crippen LogP contribution in [-0.4, -0.2) is 155 Å². The highest BCUT2D eigenvalue weighted by molar-refractivity contribution is 8.28. The summed E-state index contributed by atoms with van der Waals surface area (Å²) in [6.45, 7) is 6.18. The smallest absolute Gasteiger partial charge is 0.411 e. The Labute approximate surface area is 395 Å². The van der Waals surface area contributed by atoms with Gasteiger partial charge in [-0.2, -0.15) is 0 Å². The number of thioether (sulfide) groups is 1. The number of amides is 1. The molecule has 0 radical (unpaired) electrons. The van der Waals surface area contributed by atoms with Crippen molar-refractivity contribution in [3.05, 3.63) is 64.5 Å². The third-order valence-electron chi connectivity index (χ3n) is 12.3. The molecule has 10 unspecified atom stereocenters. The van der Waals surface area contributed by atoms with E-state index in [0.717, 1.165) is 29.8 Å². The molecule has 0 saturated carbocycles. The number of benzene rings is 1. The molecule has 12 atom stereocenters. The van der Waals surface area contributed by atoms with Crippen molar-refractivity contribution in [3.63, 3.8) is 0 Å².